The minimum Gasteiger partial charge on any atom is -0.493 e. The fourth-order valence-corrected chi connectivity index (χ4v) is 3.42. The van der Waals surface area contributed by atoms with Crippen molar-refractivity contribution >= 4 is 5.71 Å². The number of para-hydroxylation sites is 1. The van der Waals surface area contributed by atoms with Crippen molar-refractivity contribution in [3.8, 4) is 11.5 Å². The molecular formula is C19H20N2O2. The Morgan fingerprint density at radius 3 is 2.65 bits per heavy atom. The van der Waals surface area contributed by atoms with Crippen molar-refractivity contribution in [2.24, 2.45) is 5.10 Å². The summed E-state index contributed by atoms with van der Waals surface area (Å²) in [5.74, 6) is 1.62. The van der Waals surface area contributed by atoms with Crippen LogP contribution in [-0.4, -0.2) is 23.6 Å². The number of nitrogens with zero attached hydrogens (tertiary/aromatic N) is 2. The second-order valence-electron chi connectivity index (χ2n) is 6.40. The van der Waals surface area contributed by atoms with E-state index in [0.717, 1.165) is 29.2 Å². The number of rotatable bonds is 2. The van der Waals surface area contributed by atoms with Gasteiger partial charge in [-0.25, -0.2) is 5.01 Å². The Kier molecular flexibility index (Phi) is 3.08. The van der Waals surface area contributed by atoms with Crippen LogP contribution in [0.2, 0.25) is 0 Å². The van der Waals surface area contributed by atoms with E-state index in [4.69, 9.17) is 14.6 Å². The second-order valence-corrected chi connectivity index (χ2v) is 6.40. The lowest BCUT2D eigenvalue weighted by atomic mass is 9.95. The summed E-state index contributed by atoms with van der Waals surface area (Å²) in [7, 11) is 1.68. The van der Waals surface area contributed by atoms with Gasteiger partial charge in [0, 0.05) is 12.0 Å². The van der Waals surface area contributed by atoms with E-state index in [9.17, 15) is 0 Å². The molecule has 0 saturated heterocycles. The smallest absolute Gasteiger partial charge is 0.192 e. The Labute approximate surface area is 136 Å². The van der Waals surface area contributed by atoms with Gasteiger partial charge in [0.05, 0.1) is 18.9 Å². The molecule has 2 aliphatic rings. The van der Waals surface area contributed by atoms with E-state index < -0.39 is 5.72 Å². The van der Waals surface area contributed by atoms with Gasteiger partial charge in [-0.2, -0.15) is 5.10 Å². The van der Waals surface area contributed by atoms with Crippen LogP contribution in [0.25, 0.3) is 0 Å². The fraction of sp³-hybridized carbons (Fsp3) is 0.316. The topological polar surface area (TPSA) is 34.1 Å². The Balaban J connectivity index is 1.79. The minimum atomic E-state index is -0.511. The molecule has 23 heavy (non-hydrogen) atoms. The number of fused-ring (bicyclic) bond motifs is 3. The first-order valence-corrected chi connectivity index (χ1v) is 7.88. The van der Waals surface area contributed by atoms with Crippen molar-refractivity contribution in [1.82, 2.24) is 5.01 Å². The molecule has 118 valence electrons. The highest BCUT2D eigenvalue weighted by Crippen LogP contribution is 2.49. The monoisotopic (exact) mass is 308 g/mol. The summed E-state index contributed by atoms with van der Waals surface area (Å²) in [5, 5.41) is 6.95. The van der Waals surface area contributed by atoms with Crippen molar-refractivity contribution in [3.05, 3.63) is 59.7 Å². The summed E-state index contributed by atoms with van der Waals surface area (Å²) in [6.07, 6.45) is 0.872. The average molecular weight is 308 g/mol. The molecule has 2 heterocycles. The zero-order valence-electron chi connectivity index (χ0n) is 13.6. The van der Waals surface area contributed by atoms with Crippen LogP contribution in [0.15, 0.2) is 53.6 Å². The lowest BCUT2D eigenvalue weighted by Gasteiger charge is -2.43. The van der Waals surface area contributed by atoms with Gasteiger partial charge < -0.3 is 9.47 Å². The number of hydrazone groups is 1. The Morgan fingerprint density at radius 2 is 1.91 bits per heavy atom. The van der Waals surface area contributed by atoms with Gasteiger partial charge in [-0.05, 0) is 25.5 Å². The molecule has 4 nitrogen and oxygen atoms in total. The number of ether oxygens (including phenoxy) is 2. The van der Waals surface area contributed by atoms with Crippen LogP contribution < -0.4 is 9.47 Å². The second kappa shape index (κ2) is 5.01. The van der Waals surface area contributed by atoms with Gasteiger partial charge >= 0.3 is 0 Å². The van der Waals surface area contributed by atoms with Crippen LogP contribution in [0.4, 0.5) is 0 Å². The molecule has 0 N–H and O–H groups in total. The minimum absolute atomic E-state index is 0.180. The molecule has 2 aromatic carbocycles. The molecular weight excluding hydrogens is 288 g/mol. The van der Waals surface area contributed by atoms with Crippen LogP contribution in [0.5, 0.6) is 11.5 Å². The predicted molar refractivity (Wildman–Crippen MR) is 89.9 cm³/mol. The van der Waals surface area contributed by atoms with E-state index in [1.165, 1.54) is 5.56 Å². The van der Waals surface area contributed by atoms with Gasteiger partial charge in [-0.15, -0.1) is 0 Å². The first-order valence-electron chi connectivity index (χ1n) is 7.88. The molecule has 2 aromatic rings. The third-order valence-corrected chi connectivity index (χ3v) is 4.51. The quantitative estimate of drug-likeness (QED) is 0.841. The summed E-state index contributed by atoms with van der Waals surface area (Å²) >= 11 is 0. The molecule has 4 rings (SSSR count). The first-order chi connectivity index (χ1) is 11.1. The Morgan fingerprint density at radius 1 is 1.13 bits per heavy atom. The molecule has 0 amide bonds. The van der Waals surface area contributed by atoms with Crippen LogP contribution in [-0.2, 0) is 0 Å². The van der Waals surface area contributed by atoms with Gasteiger partial charge in [-0.1, -0.05) is 42.5 Å². The molecule has 2 aliphatic heterocycles. The highest BCUT2D eigenvalue weighted by Gasteiger charge is 2.45. The molecule has 0 saturated carbocycles. The van der Waals surface area contributed by atoms with Crippen molar-refractivity contribution in [2.45, 2.75) is 32.0 Å². The first kappa shape index (κ1) is 14.1. The SMILES string of the molecule is COc1cccc2c1OC(C)(C)N1N=C(c3ccccc3)C[C@@H]21. The summed E-state index contributed by atoms with van der Waals surface area (Å²) < 4.78 is 11.7. The maximum absolute atomic E-state index is 6.23. The van der Waals surface area contributed by atoms with E-state index in [2.05, 4.69) is 23.2 Å². The largest absolute Gasteiger partial charge is 0.493 e. The summed E-state index contributed by atoms with van der Waals surface area (Å²) in [4.78, 5) is 0. The van der Waals surface area contributed by atoms with Crippen LogP contribution >= 0.6 is 0 Å². The maximum Gasteiger partial charge on any atom is 0.192 e. The molecule has 0 unspecified atom stereocenters. The molecule has 1 atom stereocenters. The lowest BCUT2D eigenvalue weighted by molar-refractivity contribution is -0.0924. The van der Waals surface area contributed by atoms with E-state index in [0.29, 0.717) is 0 Å². The Hall–Kier alpha value is -2.49. The van der Waals surface area contributed by atoms with Crippen molar-refractivity contribution in [3.63, 3.8) is 0 Å². The standard InChI is InChI=1S/C19H20N2O2/c1-19(2)21-16(12-15(20-21)13-8-5-4-6-9-13)14-10-7-11-17(22-3)18(14)23-19/h4-11,16H,12H2,1-3H3/t16-/m0/s1. The van der Waals surface area contributed by atoms with Crippen LogP contribution in [0, 0.1) is 0 Å². The molecule has 0 radical (unpaired) electrons. The third-order valence-electron chi connectivity index (χ3n) is 4.51. The third kappa shape index (κ3) is 2.17. The average Bonchev–Trinajstić information content (AvgIpc) is 3.02. The number of hydrogen-bond donors (Lipinski definition) is 0. The number of methoxy groups -OCH3 is 1. The van der Waals surface area contributed by atoms with E-state index in [1.54, 1.807) is 7.11 Å². The van der Waals surface area contributed by atoms with Gasteiger partial charge in [0.25, 0.3) is 0 Å². The Bertz CT molecular complexity index is 768. The molecule has 4 heteroatoms. The number of hydrogen-bond acceptors (Lipinski definition) is 4. The summed E-state index contributed by atoms with van der Waals surface area (Å²) in [5.41, 5.74) is 2.89. The molecule has 0 aromatic heterocycles. The van der Waals surface area contributed by atoms with Gasteiger partial charge in [0.1, 0.15) is 0 Å². The van der Waals surface area contributed by atoms with Gasteiger partial charge in [0.2, 0.25) is 0 Å². The zero-order valence-corrected chi connectivity index (χ0v) is 13.6. The van der Waals surface area contributed by atoms with Crippen LogP contribution in [0.3, 0.4) is 0 Å². The van der Waals surface area contributed by atoms with E-state index >= 15 is 0 Å². The normalized spacial score (nSPS) is 21.1. The zero-order chi connectivity index (χ0) is 16.0. The fourth-order valence-electron chi connectivity index (χ4n) is 3.42. The van der Waals surface area contributed by atoms with Gasteiger partial charge in [-0.3, -0.25) is 0 Å². The highest BCUT2D eigenvalue weighted by atomic mass is 16.5. The van der Waals surface area contributed by atoms with Crippen molar-refractivity contribution in [2.75, 3.05) is 7.11 Å². The predicted octanol–water partition coefficient (Wildman–Crippen LogP) is 3.97. The summed E-state index contributed by atoms with van der Waals surface area (Å²) in [6, 6.07) is 16.6. The maximum atomic E-state index is 6.23. The molecule has 0 fully saturated rings. The van der Waals surface area contributed by atoms with Crippen molar-refractivity contribution in [1.29, 1.82) is 0 Å². The molecule has 0 bridgehead atoms. The summed E-state index contributed by atoms with van der Waals surface area (Å²) in [6.45, 7) is 4.10. The van der Waals surface area contributed by atoms with Crippen LogP contribution in [0.1, 0.15) is 37.4 Å². The molecule has 0 aliphatic carbocycles. The number of benzene rings is 2. The van der Waals surface area contributed by atoms with Crippen molar-refractivity contribution < 1.29 is 9.47 Å². The molecule has 0 spiro atoms. The lowest BCUT2D eigenvalue weighted by Crippen LogP contribution is -2.48. The highest BCUT2D eigenvalue weighted by molar-refractivity contribution is 6.01. The van der Waals surface area contributed by atoms with E-state index in [-0.39, 0.29) is 6.04 Å². The van der Waals surface area contributed by atoms with Gasteiger partial charge in [0.15, 0.2) is 17.2 Å². The van der Waals surface area contributed by atoms with E-state index in [1.807, 2.05) is 44.2 Å².